The first-order valence-corrected chi connectivity index (χ1v) is 9.12. The first kappa shape index (κ1) is 17.7. The molecule has 0 radical (unpaired) electrons. The fourth-order valence-electron chi connectivity index (χ4n) is 3.00. The first-order chi connectivity index (χ1) is 13.8. The number of para-hydroxylation sites is 1. The number of rotatable bonds is 7. The quantitative estimate of drug-likeness (QED) is 0.501. The molecule has 0 spiro atoms. The Hall–Kier alpha value is -3.67. The standard InChI is InChI=1S/C22H21N5O/c1-28-18-8-2-5-16(15-18)10-13-24-22-25-14-11-20(27-22)26-19-9-3-6-17-7-4-12-23-21(17)19/h2-9,11-12,14-15H,10,13H2,1H3,(H2,24,25,26,27). The number of pyridine rings is 1. The van der Waals surface area contributed by atoms with Gasteiger partial charge in [0.15, 0.2) is 0 Å². The number of nitrogens with one attached hydrogen (secondary N) is 2. The number of nitrogens with zero attached hydrogens (tertiary/aromatic N) is 3. The van der Waals surface area contributed by atoms with E-state index in [1.165, 1.54) is 5.56 Å². The van der Waals surface area contributed by atoms with E-state index in [9.17, 15) is 0 Å². The second-order valence-corrected chi connectivity index (χ2v) is 6.30. The smallest absolute Gasteiger partial charge is 0.224 e. The fourth-order valence-corrected chi connectivity index (χ4v) is 3.00. The third kappa shape index (κ3) is 4.17. The molecule has 0 aliphatic carbocycles. The summed E-state index contributed by atoms with van der Waals surface area (Å²) in [6, 6.07) is 19.9. The van der Waals surface area contributed by atoms with Crippen molar-refractivity contribution >= 4 is 28.4 Å². The van der Waals surface area contributed by atoms with Gasteiger partial charge < -0.3 is 15.4 Å². The highest BCUT2D eigenvalue weighted by atomic mass is 16.5. The lowest BCUT2D eigenvalue weighted by atomic mass is 10.1. The van der Waals surface area contributed by atoms with E-state index < -0.39 is 0 Å². The maximum absolute atomic E-state index is 5.26. The van der Waals surface area contributed by atoms with Crippen LogP contribution >= 0.6 is 0 Å². The van der Waals surface area contributed by atoms with Gasteiger partial charge in [0.25, 0.3) is 0 Å². The number of aromatic nitrogens is 3. The van der Waals surface area contributed by atoms with Crippen molar-refractivity contribution < 1.29 is 4.74 Å². The number of fused-ring (bicyclic) bond motifs is 1. The summed E-state index contributed by atoms with van der Waals surface area (Å²) in [4.78, 5) is 13.3. The summed E-state index contributed by atoms with van der Waals surface area (Å²) in [6.45, 7) is 0.729. The highest BCUT2D eigenvalue weighted by Crippen LogP contribution is 2.23. The van der Waals surface area contributed by atoms with Gasteiger partial charge in [0.1, 0.15) is 11.6 Å². The lowest BCUT2D eigenvalue weighted by Crippen LogP contribution is -2.08. The summed E-state index contributed by atoms with van der Waals surface area (Å²) in [7, 11) is 1.68. The maximum Gasteiger partial charge on any atom is 0.224 e. The van der Waals surface area contributed by atoms with E-state index in [0.29, 0.717) is 5.95 Å². The van der Waals surface area contributed by atoms with Crippen LogP contribution in [0.1, 0.15) is 5.56 Å². The number of ether oxygens (including phenoxy) is 1. The molecule has 28 heavy (non-hydrogen) atoms. The van der Waals surface area contributed by atoms with Crippen LogP contribution in [-0.2, 0) is 6.42 Å². The molecule has 4 rings (SSSR count). The molecule has 0 saturated heterocycles. The van der Waals surface area contributed by atoms with Crippen LogP contribution in [-0.4, -0.2) is 28.6 Å². The molecule has 0 aliphatic rings. The number of hydrogen-bond acceptors (Lipinski definition) is 6. The Balaban J connectivity index is 1.43. The predicted molar refractivity (Wildman–Crippen MR) is 112 cm³/mol. The Morgan fingerprint density at radius 1 is 0.929 bits per heavy atom. The average molecular weight is 371 g/mol. The molecule has 0 atom stereocenters. The zero-order valence-corrected chi connectivity index (χ0v) is 15.6. The third-order valence-corrected chi connectivity index (χ3v) is 4.38. The molecule has 6 nitrogen and oxygen atoms in total. The minimum atomic E-state index is 0.584. The van der Waals surface area contributed by atoms with E-state index in [1.807, 2.05) is 54.6 Å². The van der Waals surface area contributed by atoms with E-state index in [1.54, 1.807) is 19.5 Å². The second kappa shape index (κ2) is 8.35. The molecule has 0 fully saturated rings. The van der Waals surface area contributed by atoms with Gasteiger partial charge in [-0.3, -0.25) is 4.98 Å². The lowest BCUT2D eigenvalue weighted by molar-refractivity contribution is 0.414. The van der Waals surface area contributed by atoms with Crippen LogP contribution in [0.3, 0.4) is 0 Å². The molecule has 4 aromatic rings. The van der Waals surface area contributed by atoms with Crippen LogP contribution in [0.25, 0.3) is 10.9 Å². The summed E-state index contributed by atoms with van der Waals surface area (Å²) in [5, 5.41) is 7.70. The van der Waals surface area contributed by atoms with Gasteiger partial charge in [0, 0.05) is 24.3 Å². The first-order valence-electron chi connectivity index (χ1n) is 9.12. The molecule has 0 aliphatic heterocycles. The van der Waals surface area contributed by atoms with Gasteiger partial charge in [-0.1, -0.05) is 30.3 Å². The van der Waals surface area contributed by atoms with Gasteiger partial charge in [-0.25, -0.2) is 4.98 Å². The largest absolute Gasteiger partial charge is 0.497 e. The number of hydrogen-bond donors (Lipinski definition) is 2. The lowest BCUT2D eigenvalue weighted by Gasteiger charge is -2.10. The van der Waals surface area contributed by atoms with Gasteiger partial charge in [-0.2, -0.15) is 4.98 Å². The Morgan fingerprint density at radius 3 is 2.75 bits per heavy atom. The molecular formula is C22H21N5O. The van der Waals surface area contributed by atoms with Crippen molar-refractivity contribution in [3.63, 3.8) is 0 Å². The van der Waals surface area contributed by atoms with Crippen molar-refractivity contribution in [2.45, 2.75) is 6.42 Å². The van der Waals surface area contributed by atoms with Crippen LogP contribution < -0.4 is 15.4 Å². The Kier molecular flexibility index (Phi) is 5.29. The summed E-state index contributed by atoms with van der Waals surface area (Å²) in [6.07, 6.45) is 4.38. The van der Waals surface area contributed by atoms with Gasteiger partial charge in [0.2, 0.25) is 5.95 Å². The molecule has 0 amide bonds. The molecule has 0 bridgehead atoms. The minimum absolute atomic E-state index is 0.584. The van der Waals surface area contributed by atoms with E-state index in [0.717, 1.165) is 41.1 Å². The predicted octanol–water partition coefficient (Wildman–Crippen LogP) is 4.43. The van der Waals surface area contributed by atoms with E-state index in [4.69, 9.17) is 4.74 Å². The van der Waals surface area contributed by atoms with Gasteiger partial charge >= 0.3 is 0 Å². The number of benzene rings is 2. The summed E-state index contributed by atoms with van der Waals surface area (Å²) >= 11 is 0. The van der Waals surface area contributed by atoms with Gasteiger partial charge in [-0.15, -0.1) is 0 Å². The highest BCUT2D eigenvalue weighted by Gasteiger charge is 2.04. The van der Waals surface area contributed by atoms with Crippen LogP contribution in [0.5, 0.6) is 5.75 Å². The normalized spacial score (nSPS) is 10.6. The number of methoxy groups -OCH3 is 1. The van der Waals surface area contributed by atoms with E-state index >= 15 is 0 Å². The van der Waals surface area contributed by atoms with Crippen LogP contribution in [0.4, 0.5) is 17.5 Å². The van der Waals surface area contributed by atoms with Crippen LogP contribution in [0.15, 0.2) is 73.1 Å². The Morgan fingerprint density at radius 2 is 1.82 bits per heavy atom. The van der Waals surface area contributed by atoms with Crippen molar-refractivity contribution in [1.29, 1.82) is 0 Å². The molecule has 0 saturated carbocycles. The van der Waals surface area contributed by atoms with Crippen molar-refractivity contribution in [1.82, 2.24) is 15.0 Å². The molecular weight excluding hydrogens is 350 g/mol. The van der Waals surface area contributed by atoms with Crippen molar-refractivity contribution in [2.24, 2.45) is 0 Å². The zero-order chi connectivity index (χ0) is 19.2. The minimum Gasteiger partial charge on any atom is -0.497 e. The molecule has 2 aromatic carbocycles. The monoisotopic (exact) mass is 371 g/mol. The summed E-state index contributed by atoms with van der Waals surface area (Å²) < 4.78 is 5.26. The topological polar surface area (TPSA) is 72.0 Å². The highest BCUT2D eigenvalue weighted by molar-refractivity contribution is 5.91. The van der Waals surface area contributed by atoms with Crippen molar-refractivity contribution in [3.8, 4) is 5.75 Å². The fraction of sp³-hybridized carbons (Fsp3) is 0.136. The molecule has 0 unspecified atom stereocenters. The third-order valence-electron chi connectivity index (χ3n) is 4.38. The average Bonchev–Trinajstić information content (AvgIpc) is 2.74. The zero-order valence-electron chi connectivity index (χ0n) is 15.6. The Bertz CT molecular complexity index is 1080. The van der Waals surface area contributed by atoms with Crippen LogP contribution in [0, 0.1) is 0 Å². The summed E-state index contributed by atoms with van der Waals surface area (Å²) in [5.74, 6) is 2.17. The van der Waals surface area contributed by atoms with Crippen LogP contribution in [0.2, 0.25) is 0 Å². The van der Waals surface area contributed by atoms with E-state index in [2.05, 4.69) is 31.7 Å². The maximum atomic E-state index is 5.26. The molecule has 140 valence electrons. The van der Waals surface area contributed by atoms with E-state index in [-0.39, 0.29) is 0 Å². The molecule has 2 N–H and O–H groups in total. The summed E-state index contributed by atoms with van der Waals surface area (Å²) in [5.41, 5.74) is 3.03. The SMILES string of the molecule is COc1cccc(CCNc2nccc(Nc3cccc4cccnc34)n2)c1. The molecule has 6 heteroatoms. The Labute approximate surface area is 163 Å². The number of anilines is 3. The van der Waals surface area contributed by atoms with Gasteiger partial charge in [0.05, 0.1) is 18.3 Å². The van der Waals surface area contributed by atoms with Gasteiger partial charge in [-0.05, 0) is 42.3 Å². The molecule has 2 heterocycles. The van der Waals surface area contributed by atoms with Crippen molar-refractivity contribution in [2.75, 3.05) is 24.3 Å². The molecule has 2 aromatic heterocycles. The second-order valence-electron chi connectivity index (χ2n) is 6.30. The van der Waals surface area contributed by atoms with Crippen molar-refractivity contribution in [3.05, 3.63) is 78.6 Å².